The van der Waals surface area contributed by atoms with Crippen molar-refractivity contribution < 1.29 is 9.13 Å². The number of alkyl halides is 1. The highest BCUT2D eigenvalue weighted by atomic mass is 79.9. The maximum absolute atomic E-state index is 12.6. The van der Waals surface area contributed by atoms with Crippen LogP contribution in [-0.2, 0) is 10.1 Å². The van der Waals surface area contributed by atoms with Gasteiger partial charge in [-0.3, -0.25) is 0 Å². The average Bonchev–Trinajstić information content (AvgIpc) is 2.21. The first kappa shape index (κ1) is 13.6. The van der Waals surface area contributed by atoms with Crippen LogP contribution in [0.4, 0.5) is 4.39 Å². The Balaban J connectivity index is 0.000000292. The van der Waals surface area contributed by atoms with Crippen molar-refractivity contribution in [2.24, 2.45) is 0 Å². The minimum atomic E-state index is -0.144. The molecule has 1 nitrogen and oxygen atoms in total. The number of benzene rings is 1. The molecule has 0 amide bonds. The third kappa shape index (κ3) is 6.11. The molecule has 1 rings (SSSR count). The van der Waals surface area contributed by atoms with E-state index in [-0.39, 0.29) is 5.82 Å². The number of hydrogen-bond acceptors (Lipinski definition) is 1. The molecule has 0 aliphatic rings. The Hall–Kier alpha value is -0.410. The van der Waals surface area contributed by atoms with Crippen LogP contribution in [0, 0.1) is 5.82 Å². The van der Waals surface area contributed by atoms with Crippen molar-refractivity contribution in [3.63, 3.8) is 0 Å². The van der Waals surface area contributed by atoms with Crippen molar-refractivity contribution in [2.45, 2.75) is 19.2 Å². The first-order chi connectivity index (χ1) is 6.76. The number of rotatable bonds is 3. The quantitative estimate of drug-likeness (QED) is 0.754. The van der Waals surface area contributed by atoms with Crippen molar-refractivity contribution in [2.75, 3.05) is 13.2 Å². The molecule has 0 spiro atoms. The van der Waals surface area contributed by atoms with E-state index in [4.69, 9.17) is 4.74 Å². The predicted molar refractivity (Wildman–Crippen MR) is 61.2 cm³/mol. The molecule has 0 aliphatic carbocycles. The van der Waals surface area contributed by atoms with Gasteiger partial charge in [-0.1, -0.05) is 34.1 Å². The van der Waals surface area contributed by atoms with Crippen LogP contribution in [0.15, 0.2) is 24.3 Å². The highest BCUT2D eigenvalue weighted by Gasteiger charge is 1.94. The van der Waals surface area contributed by atoms with Crippen LogP contribution in [0.25, 0.3) is 0 Å². The van der Waals surface area contributed by atoms with Gasteiger partial charge >= 0.3 is 0 Å². The number of halogens is 2. The fraction of sp³-hybridized carbons (Fsp3) is 0.455. The normalized spacial score (nSPS) is 9.14. The van der Waals surface area contributed by atoms with Crippen molar-refractivity contribution in [3.05, 3.63) is 35.6 Å². The Kier molecular flexibility index (Phi) is 8.89. The van der Waals surface area contributed by atoms with E-state index in [1.807, 2.05) is 19.9 Å². The smallest absolute Gasteiger partial charge is 0.127 e. The number of ether oxygens (including phenoxy) is 1. The van der Waals surface area contributed by atoms with Crippen LogP contribution >= 0.6 is 15.9 Å². The van der Waals surface area contributed by atoms with Crippen LogP contribution < -0.4 is 0 Å². The van der Waals surface area contributed by atoms with Crippen molar-refractivity contribution >= 4 is 15.9 Å². The molecule has 0 bridgehead atoms. The van der Waals surface area contributed by atoms with Crippen LogP contribution in [0.5, 0.6) is 0 Å². The van der Waals surface area contributed by atoms with Gasteiger partial charge in [0.2, 0.25) is 0 Å². The van der Waals surface area contributed by atoms with E-state index < -0.39 is 0 Å². The van der Waals surface area contributed by atoms with Gasteiger partial charge in [-0.25, -0.2) is 4.39 Å². The first-order valence-electron chi connectivity index (χ1n) is 4.63. The molecule has 0 aliphatic heterocycles. The summed E-state index contributed by atoms with van der Waals surface area (Å²) in [4.78, 5) is 0. The fourth-order valence-corrected chi connectivity index (χ4v) is 1.27. The summed E-state index contributed by atoms with van der Waals surface area (Å²) in [5.41, 5.74) is 0.706. The zero-order chi connectivity index (χ0) is 10.8. The molecule has 0 aromatic heterocycles. The van der Waals surface area contributed by atoms with E-state index in [2.05, 4.69) is 15.9 Å². The van der Waals surface area contributed by atoms with Gasteiger partial charge in [0.1, 0.15) is 5.82 Å². The zero-order valence-electron chi connectivity index (χ0n) is 8.59. The van der Waals surface area contributed by atoms with Crippen LogP contribution in [-0.4, -0.2) is 13.2 Å². The lowest BCUT2D eigenvalue weighted by Gasteiger charge is -1.93. The van der Waals surface area contributed by atoms with Gasteiger partial charge in [0.15, 0.2) is 0 Å². The molecule has 0 N–H and O–H groups in total. The van der Waals surface area contributed by atoms with Crippen LogP contribution in [0.1, 0.15) is 19.4 Å². The van der Waals surface area contributed by atoms with Crippen LogP contribution in [0.3, 0.4) is 0 Å². The second kappa shape index (κ2) is 9.16. The monoisotopic (exact) mass is 262 g/mol. The predicted octanol–water partition coefficient (Wildman–Crippen LogP) is 3.76. The molecule has 0 unspecified atom stereocenters. The summed E-state index contributed by atoms with van der Waals surface area (Å²) >= 11 is 3.17. The SMILES string of the molecule is CCOCC.Fc1ccccc1CBr. The molecule has 0 fully saturated rings. The highest BCUT2D eigenvalue weighted by Crippen LogP contribution is 2.09. The molecule has 1 aromatic rings. The Labute approximate surface area is 93.4 Å². The Morgan fingerprint density at radius 1 is 1.21 bits per heavy atom. The maximum Gasteiger partial charge on any atom is 0.127 e. The lowest BCUT2D eigenvalue weighted by Crippen LogP contribution is -1.84. The molecule has 80 valence electrons. The van der Waals surface area contributed by atoms with E-state index in [1.54, 1.807) is 12.1 Å². The van der Waals surface area contributed by atoms with Gasteiger partial charge in [-0.15, -0.1) is 0 Å². The minimum Gasteiger partial charge on any atom is -0.382 e. The largest absolute Gasteiger partial charge is 0.382 e. The molecule has 0 heterocycles. The number of hydrogen-bond donors (Lipinski definition) is 0. The summed E-state index contributed by atoms with van der Waals surface area (Å²) in [6.45, 7) is 5.67. The third-order valence-electron chi connectivity index (χ3n) is 1.51. The van der Waals surface area contributed by atoms with Crippen molar-refractivity contribution in [1.82, 2.24) is 0 Å². The van der Waals surface area contributed by atoms with E-state index in [0.717, 1.165) is 13.2 Å². The molecule has 1 aromatic carbocycles. The second-order valence-electron chi connectivity index (χ2n) is 2.51. The molecule has 14 heavy (non-hydrogen) atoms. The average molecular weight is 263 g/mol. The summed E-state index contributed by atoms with van der Waals surface area (Å²) in [6.07, 6.45) is 0. The summed E-state index contributed by atoms with van der Waals surface area (Å²) in [5.74, 6) is -0.144. The van der Waals surface area contributed by atoms with Gasteiger partial charge in [0, 0.05) is 18.5 Å². The standard InChI is InChI=1S/C7H6BrF.C4H10O/c8-5-6-3-1-2-4-7(6)9;1-3-5-4-2/h1-4H,5H2;3-4H2,1-2H3. The summed E-state index contributed by atoms with van der Waals surface area (Å²) < 4.78 is 17.4. The first-order valence-corrected chi connectivity index (χ1v) is 5.75. The van der Waals surface area contributed by atoms with Gasteiger partial charge in [0.05, 0.1) is 0 Å². The molecular formula is C11H16BrFO. The minimum absolute atomic E-state index is 0.144. The molecule has 0 atom stereocenters. The van der Waals surface area contributed by atoms with Crippen molar-refractivity contribution in [3.8, 4) is 0 Å². The Morgan fingerprint density at radius 2 is 1.79 bits per heavy atom. The van der Waals surface area contributed by atoms with E-state index in [9.17, 15) is 4.39 Å². The summed E-state index contributed by atoms with van der Waals surface area (Å²) in [6, 6.07) is 6.71. The van der Waals surface area contributed by atoms with E-state index in [0.29, 0.717) is 10.9 Å². The summed E-state index contributed by atoms with van der Waals surface area (Å²) in [7, 11) is 0. The lowest BCUT2D eigenvalue weighted by atomic mass is 10.2. The van der Waals surface area contributed by atoms with Crippen LogP contribution in [0.2, 0.25) is 0 Å². The Morgan fingerprint density at radius 3 is 2.07 bits per heavy atom. The van der Waals surface area contributed by atoms with E-state index >= 15 is 0 Å². The second-order valence-corrected chi connectivity index (χ2v) is 3.07. The molecule has 3 heteroatoms. The fourth-order valence-electron chi connectivity index (χ4n) is 0.811. The van der Waals surface area contributed by atoms with Crippen molar-refractivity contribution in [1.29, 1.82) is 0 Å². The third-order valence-corrected chi connectivity index (χ3v) is 2.11. The van der Waals surface area contributed by atoms with Gasteiger partial charge < -0.3 is 4.74 Å². The lowest BCUT2D eigenvalue weighted by molar-refractivity contribution is 0.162. The van der Waals surface area contributed by atoms with Gasteiger partial charge in [0.25, 0.3) is 0 Å². The maximum atomic E-state index is 12.6. The van der Waals surface area contributed by atoms with Gasteiger partial charge in [-0.2, -0.15) is 0 Å². The zero-order valence-corrected chi connectivity index (χ0v) is 10.2. The molecule has 0 radical (unpaired) electrons. The molecular weight excluding hydrogens is 247 g/mol. The topological polar surface area (TPSA) is 9.23 Å². The van der Waals surface area contributed by atoms with Gasteiger partial charge in [-0.05, 0) is 25.5 Å². The molecule has 0 saturated heterocycles. The Bertz CT molecular complexity index is 238. The highest BCUT2D eigenvalue weighted by molar-refractivity contribution is 9.08. The summed E-state index contributed by atoms with van der Waals surface area (Å²) in [5, 5.41) is 0.583. The van der Waals surface area contributed by atoms with E-state index in [1.165, 1.54) is 6.07 Å². The molecule has 0 saturated carbocycles.